The SMILES string of the molecule is CNCCS(=O)(=O)N(C)C1CCOC1. The van der Waals surface area contributed by atoms with Crippen molar-refractivity contribution in [3.63, 3.8) is 0 Å². The number of rotatable bonds is 5. The smallest absolute Gasteiger partial charge is 0.215 e. The van der Waals surface area contributed by atoms with Gasteiger partial charge in [0.15, 0.2) is 0 Å². The molecule has 6 heteroatoms. The summed E-state index contributed by atoms with van der Waals surface area (Å²) in [6, 6.07) is 0.0249. The zero-order valence-corrected chi connectivity index (χ0v) is 9.51. The normalized spacial score (nSPS) is 23.2. The molecule has 0 saturated carbocycles. The molecule has 1 unspecified atom stereocenters. The first-order chi connectivity index (χ1) is 6.58. The lowest BCUT2D eigenvalue weighted by Crippen LogP contribution is -2.40. The number of nitrogens with one attached hydrogen (secondary N) is 1. The highest BCUT2D eigenvalue weighted by molar-refractivity contribution is 7.89. The van der Waals surface area contributed by atoms with Crippen molar-refractivity contribution in [1.82, 2.24) is 9.62 Å². The van der Waals surface area contributed by atoms with Crippen LogP contribution in [-0.4, -0.2) is 58.4 Å². The van der Waals surface area contributed by atoms with Crippen molar-refractivity contribution in [3.8, 4) is 0 Å². The molecule has 1 aliphatic heterocycles. The Morgan fingerprint density at radius 3 is 2.79 bits per heavy atom. The number of ether oxygens (including phenoxy) is 1. The van der Waals surface area contributed by atoms with Gasteiger partial charge in [-0.25, -0.2) is 8.42 Å². The molecule has 0 spiro atoms. The first-order valence-electron chi connectivity index (χ1n) is 4.76. The molecule has 1 atom stereocenters. The minimum absolute atomic E-state index is 0.0249. The van der Waals surface area contributed by atoms with E-state index in [1.165, 1.54) is 4.31 Å². The van der Waals surface area contributed by atoms with Crippen LogP contribution in [0.2, 0.25) is 0 Å². The highest BCUT2D eigenvalue weighted by Crippen LogP contribution is 2.14. The zero-order chi connectivity index (χ0) is 10.6. The van der Waals surface area contributed by atoms with Gasteiger partial charge in [-0.15, -0.1) is 0 Å². The third-order valence-corrected chi connectivity index (χ3v) is 4.36. The maximum atomic E-state index is 11.7. The first kappa shape index (κ1) is 11.9. The van der Waals surface area contributed by atoms with Gasteiger partial charge in [-0.05, 0) is 13.5 Å². The van der Waals surface area contributed by atoms with E-state index in [9.17, 15) is 8.42 Å². The molecule has 0 bridgehead atoms. The summed E-state index contributed by atoms with van der Waals surface area (Å²) in [5.74, 6) is 0.149. The highest BCUT2D eigenvalue weighted by Gasteiger charge is 2.28. The standard InChI is InChI=1S/C8H18N2O3S/c1-9-4-6-14(11,12)10(2)8-3-5-13-7-8/h8-9H,3-7H2,1-2H3. The zero-order valence-electron chi connectivity index (χ0n) is 8.69. The number of hydrogen-bond donors (Lipinski definition) is 1. The number of nitrogens with zero attached hydrogens (tertiary/aromatic N) is 1. The van der Waals surface area contributed by atoms with E-state index in [1.54, 1.807) is 14.1 Å². The Balaban J connectivity index is 2.52. The Hall–Kier alpha value is -0.170. The Morgan fingerprint density at radius 2 is 2.29 bits per heavy atom. The van der Waals surface area contributed by atoms with E-state index < -0.39 is 10.0 Å². The molecular formula is C8H18N2O3S. The second kappa shape index (κ2) is 5.06. The summed E-state index contributed by atoms with van der Waals surface area (Å²) in [7, 11) is 0.259. The fourth-order valence-electron chi connectivity index (χ4n) is 1.41. The Morgan fingerprint density at radius 1 is 1.57 bits per heavy atom. The predicted molar refractivity (Wildman–Crippen MR) is 54.7 cm³/mol. The van der Waals surface area contributed by atoms with E-state index in [0.29, 0.717) is 19.8 Å². The van der Waals surface area contributed by atoms with Gasteiger partial charge >= 0.3 is 0 Å². The predicted octanol–water partition coefficient (Wildman–Crippen LogP) is -0.744. The van der Waals surface area contributed by atoms with E-state index in [4.69, 9.17) is 4.74 Å². The molecule has 0 aromatic rings. The van der Waals surface area contributed by atoms with Gasteiger partial charge in [-0.3, -0.25) is 0 Å². The number of sulfonamides is 1. The molecule has 5 nitrogen and oxygen atoms in total. The van der Waals surface area contributed by atoms with E-state index >= 15 is 0 Å². The molecule has 1 heterocycles. The largest absolute Gasteiger partial charge is 0.380 e. The lowest BCUT2D eigenvalue weighted by Gasteiger charge is -2.22. The Bertz CT molecular complexity index is 260. The summed E-state index contributed by atoms with van der Waals surface area (Å²) in [5, 5.41) is 2.83. The van der Waals surface area contributed by atoms with Gasteiger partial charge in [0, 0.05) is 20.2 Å². The lowest BCUT2D eigenvalue weighted by atomic mass is 10.3. The molecule has 1 aliphatic rings. The van der Waals surface area contributed by atoms with Crippen LogP contribution >= 0.6 is 0 Å². The fourth-order valence-corrected chi connectivity index (χ4v) is 2.78. The van der Waals surface area contributed by atoms with Crippen LogP contribution in [0, 0.1) is 0 Å². The third-order valence-electron chi connectivity index (χ3n) is 2.47. The second-order valence-corrected chi connectivity index (χ2v) is 5.60. The molecule has 0 aromatic heterocycles. The quantitative estimate of drug-likeness (QED) is 0.665. The van der Waals surface area contributed by atoms with Crippen molar-refractivity contribution in [2.45, 2.75) is 12.5 Å². The van der Waals surface area contributed by atoms with Crippen molar-refractivity contribution in [1.29, 1.82) is 0 Å². The molecule has 0 aromatic carbocycles. The van der Waals surface area contributed by atoms with E-state index in [0.717, 1.165) is 6.42 Å². The third kappa shape index (κ3) is 2.91. The van der Waals surface area contributed by atoms with Crippen LogP contribution in [0.3, 0.4) is 0 Å². The second-order valence-electron chi connectivity index (χ2n) is 3.45. The summed E-state index contributed by atoms with van der Waals surface area (Å²) in [5.41, 5.74) is 0. The van der Waals surface area contributed by atoms with Gasteiger partial charge in [0.05, 0.1) is 18.4 Å². The highest BCUT2D eigenvalue weighted by atomic mass is 32.2. The van der Waals surface area contributed by atoms with E-state index in [1.807, 2.05) is 0 Å². The molecule has 14 heavy (non-hydrogen) atoms. The first-order valence-corrected chi connectivity index (χ1v) is 6.37. The summed E-state index contributed by atoms with van der Waals surface area (Å²) >= 11 is 0. The van der Waals surface area contributed by atoms with Crippen molar-refractivity contribution < 1.29 is 13.2 Å². The number of hydrogen-bond acceptors (Lipinski definition) is 4. The molecule has 1 saturated heterocycles. The van der Waals surface area contributed by atoms with Crippen molar-refractivity contribution in [3.05, 3.63) is 0 Å². The van der Waals surface area contributed by atoms with Gasteiger partial charge in [-0.1, -0.05) is 0 Å². The van der Waals surface area contributed by atoms with Crippen LogP contribution in [0.1, 0.15) is 6.42 Å². The minimum Gasteiger partial charge on any atom is -0.380 e. The summed E-state index contributed by atoms with van der Waals surface area (Å²) in [6.45, 7) is 1.67. The van der Waals surface area contributed by atoms with Crippen LogP contribution in [0.4, 0.5) is 0 Å². The lowest BCUT2D eigenvalue weighted by molar-refractivity contribution is 0.181. The van der Waals surface area contributed by atoms with Crippen LogP contribution in [0.5, 0.6) is 0 Å². The van der Waals surface area contributed by atoms with Gasteiger partial charge in [-0.2, -0.15) is 4.31 Å². The Labute approximate surface area is 85.5 Å². The molecular weight excluding hydrogens is 204 g/mol. The van der Waals surface area contributed by atoms with Crippen LogP contribution in [0.25, 0.3) is 0 Å². The van der Waals surface area contributed by atoms with E-state index in [2.05, 4.69) is 5.32 Å². The van der Waals surface area contributed by atoms with Gasteiger partial charge in [0.1, 0.15) is 0 Å². The maximum absolute atomic E-state index is 11.7. The van der Waals surface area contributed by atoms with Gasteiger partial charge in [0.25, 0.3) is 0 Å². The summed E-state index contributed by atoms with van der Waals surface area (Å²) in [6.07, 6.45) is 0.801. The fraction of sp³-hybridized carbons (Fsp3) is 1.00. The van der Waals surface area contributed by atoms with Crippen LogP contribution < -0.4 is 5.32 Å². The van der Waals surface area contributed by atoms with Crippen molar-refractivity contribution in [2.24, 2.45) is 0 Å². The van der Waals surface area contributed by atoms with E-state index in [-0.39, 0.29) is 11.8 Å². The minimum atomic E-state index is -3.12. The van der Waals surface area contributed by atoms with Gasteiger partial charge in [0.2, 0.25) is 10.0 Å². The maximum Gasteiger partial charge on any atom is 0.215 e. The van der Waals surface area contributed by atoms with Gasteiger partial charge < -0.3 is 10.1 Å². The summed E-state index contributed by atoms with van der Waals surface area (Å²) < 4.78 is 30.0. The molecule has 0 amide bonds. The average molecular weight is 222 g/mol. The topological polar surface area (TPSA) is 58.6 Å². The van der Waals surface area contributed by atoms with Crippen molar-refractivity contribution in [2.75, 3.05) is 39.6 Å². The molecule has 0 radical (unpaired) electrons. The molecule has 1 N–H and O–H groups in total. The molecule has 1 rings (SSSR count). The average Bonchev–Trinajstić information content (AvgIpc) is 2.66. The molecule has 84 valence electrons. The van der Waals surface area contributed by atoms with Crippen molar-refractivity contribution >= 4 is 10.0 Å². The number of likely N-dealkylation sites (N-methyl/N-ethyl adjacent to an activating group) is 1. The molecule has 0 aliphatic carbocycles. The van der Waals surface area contributed by atoms with Crippen LogP contribution in [-0.2, 0) is 14.8 Å². The monoisotopic (exact) mass is 222 g/mol. The summed E-state index contributed by atoms with van der Waals surface area (Å²) in [4.78, 5) is 0. The molecule has 1 fully saturated rings. The Kier molecular flexibility index (Phi) is 4.31. The van der Waals surface area contributed by atoms with Crippen LogP contribution in [0.15, 0.2) is 0 Å².